The number of nitrogens with zero attached hydrogens (tertiary/aromatic N) is 5. The number of anilines is 1. The van der Waals surface area contributed by atoms with Crippen molar-refractivity contribution < 1.29 is 22.9 Å². The second kappa shape index (κ2) is 11.4. The first-order valence-corrected chi connectivity index (χ1v) is 13.0. The summed E-state index contributed by atoms with van der Waals surface area (Å²) in [5.41, 5.74) is 2.33. The lowest BCUT2D eigenvalue weighted by Crippen LogP contribution is -2.49. The number of hydrogen-bond donors (Lipinski definition) is 0. The van der Waals surface area contributed by atoms with E-state index in [2.05, 4.69) is 4.98 Å². The van der Waals surface area contributed by atoms with Gasteiger partial charge in [-0.05, 0) is 36.8 Å². The lowest BCUT2D eigenvalue weighted by Gasteiger charge is -2.36. The number of aryl methyl sites for hydroxylation is 1. The molecule has 0 N–H and O–H groups in total. The molecule has 1 fully saturated rings. The Morgan fingerprint density at radius 2 is 1.61 bits per heavy atom. The van der Waals surface area contributed by atoms with Crippen LogP contribution in [-0.4, -0.2) is 51.9 Å². The fourth-order valence-electron chi connectivity index (χ4n) is 4.84. The predicted octanol–water partition coefficient (Wildman–Crippen LogP) is 5.93. The van der Waals surface area contributed by atoms with Gasteiger partial charge >= 0.3 is 6.18 Å². The number of carbonyl (C=O) groups excluding carboxylic acids is 1. The van der Waals surface area contributed by atoms with Crippen LogP contribution < -0.4 is 4.90 Å². The van der Waals surface area contributed by atoms with Crippen LogP contribution in [0.4, 0.5) is 24.7 Å². The van der Waals surface area contributed by atoms with Crippen LogP contribution in [-0.2, 0) is 12.6 Å². The maximum atomic E-state index is 13.4. The van der Waals surface area contributed by atoms with Crippen molar-refractivity contribution in [2.45, 2.75) is 19.5 Å². The summed E-state index contributed by atoms with van der Waals surface area (Å²) in [4.78, 5) is 36.6. The molecule has 2 heterocycles. The molecule has 0 radical (unpaired) electrons. The van der Waals surface area contributed by atoms with E-state index in [4.69, 9.17) is 4.98 Å². The van der Waals surface area contributed by atoms with Crippen LogP contribution in [0.25, 0.3) is 11.4 Å². The SMILES string of the molecule is Cc1nc(-c2cccc(C(F)(F)F)c2)nc(N2CCN(C(=O)c3ccc([N+](=O)[O-])cc3)CC2)c1Cc1ccccc1. The Morgan fingerprint density at radius 1 is 0.927 bits per heavy atom. The Labute approximate surface area is 234 Å². The van der Waals surface area contributed by atoms with Crippen molar-refractivity contribution in [1.82, 2.24) is 14.9 Å². The van der Waals surface area contributed by atoms with Gasteiger partial charge in [-0.2, -0.15) is 13.2 Å². The third-order valence-electron chi connectivity index (χ3n) is 7.06. The number of non-ortho nitro benzene ring substituents is 1. The van der Waals surface area contributed by atoms with Gasteiger partial charge in [0.05, 0.1) is 10.5 Å². The number of halogens is 3. The first kappa shape index (κ1) is 27.8. The number of carbonyl (C=O) groups is 1. The van der Waals surface area contributed by atoms with E-state index in [0.29, 0.717) is 49.7 Å². The molecule has 11 heteroatoms. The fourth-order valence-corrected chi connectivity index (χ4v) is 4.84. The second-order valence-electron chi connectivity index (χ2n) is 9.76. The molecule has 41 heavy (non-hydrogen) atoms. The van der Waals surface area contributed by atoms with Gasteiger partial charge in [0.25, 0.3) is 11.6 Å². The lowest BCUT2D eigenvalue weighted by atomic mass is 10.0. The Hall–Kier alpha value is -4.80. The highest BCUT2D eigenvalue weighted by molar-refractivity contribution is 5.94. The van der Waals surface area contributed by atoms with Gasteiger partial charge in [-0.25, -0.2) is 9.97 Å². The monoisotopic (exact) mass is 561 g/mol. The first-order valence-electron chi connectivity index (χ1n) is 13.0. The van der Waals surface area contributed by atoms with E-state index in [0.717, 1.165) is 23.3 Å². The molecule has 4 aromatic rings. The Morgan fingerprint density at radius 3 is 2.24 bits per heavy atom. The predicted molar refractivity (Wildman–Crippen MR) is 148 cm³/mol. The summed E-state index contributed by atoms with van der Waals surface area (Å²) in [5.74, 6) is 0.591. The van der Waals surface area contributed by atoms with Crippen LogP contribution in [0, 0.1) is 17.0 Å². The first-order chi connectivity index (χ1) is 19.6. The van der Waals surface area contributed by atoms with Gasteiger partial charge in [0.1, 0.15) is 5.82 Å². The molecule has 5 rings (SSSR count). The number of hydrogen-bond acceptors (Lipinski definition) is 6. The molecule has 1 aliphatic heterocycles. The Kier molecular flexibility index (Phi) is 7.69. The minimum Gasteiger partial charge on any atom is -0.353 e. The van der Waals surface area contributed by atoms with E-state index < -0.39 is 16.7 Å². The molecule has 8 nitrogen and oxygen atoms in total. The van der Waals surface area contributed by atoms with Gasteiger partial charge in [-0.15, -0.1) is 0 Å². The van der Waals surface area contributed by atoms with Gasteiger partial charge in [0, 0.05) is 67.1 Å². The molecule has 210 valence electrons. The number of nitro groups is 1. The van der Waals surface area contributed by atoms with Crippen LogP contribution in [0.15, 0.2) is 78.9 Å². The lowest BCUT2D eigenvalue weighted by molar-refractivity contribution is -0.384. The number of amides is 1. The van der Waals surface area contributed by atoms with Crippen LogP contribution in [0.2, 0.25) is 0 Å². The molecular formula is C30H26F3N5O3. The maximum Gasteiger partial charge on any atom is 0.416 e. The molecular weight excluding hydrogens is 535 g/mol. The van der Waals surface area contributed by atoms with Crippen molar-refractivity contribution >= 4 is 17.4 Å². The molecule has 0 unspecified atom stereocenters. The van der Waals surface area contributed by atoms with E-state index >= 15 is 0 Å². The molecule has 1 aliphatic rings. The van der Waals surface area contributed by atoms with Crippen molar-refractivity contribution in [2.75, 3.05) is 31.1 Å². The summed E-state index contributed by atoms with van der Waals surface area (Å²) in [6.07, 6.45) is -3.96. The van der Waals surface area contributed by atoms with Gasteiger partial charge in [0.15, 0.2) is 5.82 Å². The highest BCUT2D eigenvalue weighted by atomic mass is 19.4. The van der Waals surface area contributed by atoms with Gasteiger partial charge in [0.2, 0.25) is 0 Å². The molecule has 0 saturated carbocycles. The zero-order valence-corrected chi connectivity index (χ0v) is 22.1. The average Bonchev–Trinajstić information content (AvgIpc) is 2.98. The summed E-state index contributed by atoms with van der Waals surface area (Å²) < 4.78 is 40.2. The normalized spacial score (nSPS) is 13.8. The van der Waals surface area contributed by atoms with Crippen LogP contribution >= 0.6 is 0 Å². The minimum absolute atomic E-state index is 0.0898. The van der Waals surface area contributed by atoms with Crippen molar-refractivity contribution in [2.24, 2.45) is 0 Å². The van der Waals surface area contributed by atoms with Gasteiger partial charge in [-0.3, -0.25) is 14.9 Å². The molecule has 1 amide bonds. The van der Waals surface area contributed by atoms with E-state index in [1.54, 1.807) is 11.0 Å². The molecule has 1 saturated heterocycles. The Bertz CT molecular complexity index is 1570. The summed E-state index contributed by atoms with van der Waals surface area (Å²) in [7, 11) is 0. The van der Waals surface area contributed by atoms with E-state index in [1.807, 2.05) is 42.2 Å². The third-order valence-corrected chi connectivity index (χ3v) is 7.06. The molecule has 0 spiro atoms. The molecule has 1 aromatic heterocycles. The van der Waals surface area contributed by atoms with Crippen molar-refractivity contribution in [3.63, 3.8) is 0 Å². The zero-order valence-electron chi connectivity index (χ0n) is 22.1. The largest absolute Gasteiger partial charge is 0.416 e. The number of rotatable bonds is 6. The number of benzene rings is 3. The fraction of sp³-hybridized carbons (Fsp3) is 0.233. The number of alkyl halides is 3. The summed E-state index contributed by atoms with van der Waals surface area (Å²) in [6.45, 7) is 3.47. The summed E-state index contributed by atoms with van der Waals surface area (Å²) in [5, 5.41) is 10.9. The minimum atomic E-state index is -4.49. The Balaban J connectivity index is 1.44. The van der Waals surface area contributed by atoms with Gasteiger partial charge in [-0.1, -0.05) is 42.5 Å². The van der Waals surface area contributed by atoms with Crippen LogP contribution in [0.5, 0.6) is 0 Å². The molecule has 0 atom stereocenters. The van der Waals surface area contributed by atoms with Crippen molar-refractivity contribution in [3.05, 3.63) is 117 Å². The highest BCUT2D eigenvalue weighted by Crippen LogP contribution is 2.33. The number of nitro benzene ring substituents is 1. The number of piperazine rings is 1. The molecule has 3 aromatic carbocycles. The van der Waals surface area contributed by atoms with E-state index in [1.165, 1.54) is 30.3 Å². The van der Waals surface area contributed by atoms with Crippen molar-refractivity contribution in [3.8, 4) is 11.4 Å². The van der Waals surface area contributed by atoms with E-state index in [-0.39, 0.29) is 23.0 Å². The number of aromatic nitrogens is 2. The quantitative estimate of drug-likeness (QED) is 0.214. The zero-order chi connectivity index (χ0) is 29.1. The molecule has 0 bridgehead atoms. The summed E-state index contributed by atoms with van der Waals surface area (Å²) >= 11 is 0. The topological polar surface area (TPSA) is 92.5 Å². The van der Waals surface area contributed by atoms with Crippen LogP contribution in [0.1, 0.15) is 32.7 Å². The molecule has 0 aliphatic carbocycles. The maximum absolute atomic E-state index is 13.4. The summed E-state index contributed by atoms with van der Waals surface area (Å²) in [6, 6.07) is 20.2. The highest BCUT2D eigenvalue weighted by Gasteiger charge is 2.31. The van der Waals surface area contributed by atoms with Crippen molar-refractivity contribution in [1.29, 1.82) is 0 Å². The smallest absolute Gasteiger partial charge is 0.353 e. The second-order valence-corrected chi connectivity index (χ2v) is 9.76. The van der Waals surface area contributed by atoms with Crippen LogP contribution in [0.3, 0.4) is 0 Å². The average molecular weight is 562 g/mol. The standard InChI is InChI=1S/C30H26F3N5O3/c1-20-26(18-21-6-3-2-4-7-21)28(35-27(34-20)23-8-5-9-24(19-23)30(31,32)33)36-14-16-37(17-15-36)29(39)22-10-12-25(13-11-22)38(40)41/h2-13,19H,14-18H2,1H3. The van der Waals surface area contributed by atoms with Gasteiger partial charge < -0.3 is 9.80 Å². The third kappa shape index (κ3) is 6.19. The van der Waals surface area contributed by atoms with E-state index in [9.17, 15) is 28.1 Å².